The van der Waals surface area contributed by atoms with Crippen molar-refractivity contribution < 1.29 is 9.90 Å². The average Bonchev–Trinajstić information content (AvgIpc) is 2.46. The maximum Gasteiger partial charge on any atom is 0.170 e. The Labute approximate surface area is 107 Å². The summed E-state index contributed by atoms with van der Waals surface area (Å²) in [5.41, 5.74) is 1.65. The van der Waals surface area contributed by atoms with Gasteiger partial charge in [0, 0.05) is 18.1 Å². The molecule has 0 aliphatic carbocycles. The molecule has 0 amide bonds. The molecule has 0 spiro atoms. The van der Waals surface area contributed by atoms with Crippen LogP contribution in [-0.2, 0) is 0 Å². The Morgan fingerprint density at radius 2 is 1.50 bits per heavy atom. The highest BCUT2D eigenvalue weighted by atomic mass is 16.3. The molecule has 1 N–H and O–H groups in total. The van der Waals surface area contributed by atoms with E-state index in [1.165, 1.54) is 0 Å². The smallest absolute Gasteiger partial charge is 0.170 e. The highest BCUT2D eigenvalue weighted by molar-refractivity contribution is 6.00. The highest BCUT2D eigenvalue weighted by Gasteiger charge is 2.20. The summed E-state index contributed by atoms with van der Waals surface area (Å²) in [7, 11) is 0. The van der Waals surface area contributed by atoms with Crippen LogP contribution in [0.15, 0.2) is 60.7 Å². The molecular formula is C16H16O2. The summed E-state index contributed by atoms with van der Waals surface area (Å²) in [5, 5.41) is 9.14. The first-order chi connectivity index (χ1) is 8.83. The van der Waals surface area contributed by atoms with E-state index in [1.54, 1.807) is 0 Å². The number of rotatable bonds is 5. The third-order valence-corrected chi connectivity index (χ3v) is 2.99. The molecule has 18 heavy (non-hydrogen) atoms. The van der Waals surface area contributed by atoms with Crippen molar-refractivity contribution in [3.05, 3.63) is 71.8 Å². The zero-order chi connectivity index (χ0) is 12.8. The fourth-order valence-electron chi connectivity index (χ4n) is 2.07. The topological polar surface area (TPSA) is 37.3 Å². The minimum absolute atomic E-state index is 0.0120. The summed E-state index contributed by atoms with van der Waals surface area (Å²) in [6, 6.07) is 18.8. The molecule has 0 saturated carbocycles. The fraction of sp³-hybridized carbons (Fsp3) is 0.188. The van der Waals surface area contributed by atoms with Crippen LogP contribution in [-0.4, -0.2) is 17.5 Å². The van der Waals surface area contributed by atoms with Gasteiger partial charge in [-0.1, -0.05) is 60.7 Å². The molecule has 2 nitrogen and oxygen atoms in total. The zero-order valence-corrected chi connectivity index (χ0v) is 10.1. The molecule has 2 aromatic carbocycles. The Morgan fingerprint density at radius 3 is 2.06 bits per heavy atom. The van der Waals surface area contributed by atoms with Crippen molar-refractivity contribution in [3.63, 3.8) is 0 Å². The molecule has 0 fully saturated rings. The maximum atomic E-state index is 12.4. The van der Waals surface area contributed by atoms with Gasteiger partial charge >= 0.3 is 0 Å². The second-order valence-electron chi connectivity index (χ2n) is 4.21. The second kappa shape index (κ2) is 6.12. The number of hydrogen-bond acceptors (Lipinski definition) is 2. The molecular weight excluding hydrogens is 224 g/mol. The van der Waals surface area contributed by atoms with E-state index < -0.39 is 0 Å². The summed E-state index contributed by atoms with van der Waals surface area (Å²) in [4.78, 5) is 12.4. The van der Waals surface area contributed by atoms with Crippen LogP contribution in [0.25, 0.3) is 0 Å². The Morgan fingerprint density at radius 1 is 0.944 bits per heavy atom. The molecule has 2 rings (SSSR count). The Hall–Kier alpha value is -1.93. The molecule has 0 heterocycles. The first-order valence-electron chi connectivity index (χ1n) is 6.08. The molecule has 0 saturated heterocycles. The fourth-order valence-corrected chi connectivity index (χ4v) is 2.07. The van der Waals surface area contributed by atoms with Crippen LogP contribution in [0.5, 0.6) is 0 Å². The second-order valence-corrected chi connectivity index (χ2v) is 4.21. The van der Waals surface area contributed by atoms with Gasteiger partial charge in [-0.15, -0.1) is 0 Å². The van der Waals surface area contributed by atoms with Crippen molar-refractivity contribution in [2.45, 2.75) is 12.3 Å². The monoisotopic (exact) mass is 240 g/mol. The van der Waals surface area contributed by atoms with Crippen LogP contribution in [0, 0.1) is 0 Å². The minimum atomic E-state index is -0.265. The van der Waals surface area contributed by atoms with Gasteiger partial charge in [0.25, 0.3) is 0 Å². The molecule has 2 aromatic rings. The molecule has 0 aliphatic rings. The molecule has 0 aromatic heterocycles. The van der Waals surface area contributed by atoms with Gasteiger partial charge in [-0.3, -0.25) is 4.79 Å². The van der Waals surface area contributed by atoms with Gasteiger partial charge in [0.05, 0.1) is 0 Å². The van der Waals surface area contributed by atoms with Crippen molar-refractivity contribution in [2.75, 3.05) is 6.61 Å². The summed E-state index contributed by atoms with van der Waals surface area (Å²) in [6.07, 6.45) is 0.456. The normalized spacial score (nSPS) is 12.1. The van der Waals surface area contributed by atoms with Crippen molar-refractivity contribution in [3.8, 4) is 0 Å². The van der Waals surface area contributed by atoms with Gasteiger partial charge < -0.3 is 5.11 Å². The largest absolute Gasteiger partial charge is 0.396 e. The zero-order valence-electron chi connectivity index (χ0n) is 10.1. The van der Waals surface area contributed by atoms with Crippen LogP contribution >= 0.6 is 0 Å². The van der Waals surface area contributed by atoms with Crippen LogP contribution in [0.2, 0.25) is 0 Å². The lowest BCUT2D eigenvalue weighted by Crippen LogP contribution is -2.14. The maximum absolute atomic E-state index is 12.4. The van der Waals surface area contributed by atoms with Gasteiger partial charge in [-0.2, -0.15) is 0 Å². The van der Waals surface area contributed by atoms with E-state index in [0.717, 1.165) is 5.56 Å². The highest BCUT2D eigenvalue weighted by Crippen LogP contribution is 2.23. The molecule has 1 atom stereocenters. The Kier molecular flexibility index (Phi) is 4.26. The summed E-state index contributed by atoms with van der Waals surface area (Å²) >= 11 is 0. The number of aliphatic hydroxyl groups excluding tert-OH is 1. The predicted octanol–water partition coefficient (Wildman–Crippen LogP) is 3.04. The number of Topliss-reactive ketones (excluding diaryl/α,β-unsaturated/α-hetero) is 1. The number of carbonyl (C=O) groups excluding carboxylic acids is 1. The van der Waals surface area contributed by atoms with E-state index in [1.807, 2.05) is 60.7 Å². The van der Waals surface area contributed by atoms with Gasteiger partial charge in [0.1, 0.15) is 0 Å². The average molecular weight is 240 g/mol. The van der Waals surface area contributed by atoms with Crippen molar-refractivity contribution >= 4 is 5.78 Å². The summed E-state index contributed by atoms with van der Waals surface area (Å²) in [6.45, 7) is 0.0120. The Balaban J connectivity index is 2.29. The number of aliphatic hydroxyl groups is 1. The number of benzene rings is 2. The standard InChI is InChI=1S/C16H16O2/c17-12-11-15(13-7-3-1-4-8-13)16(18)14-9-5-2-6-10-14/h1-10,15,17H,11-12H2. The minimum Gasteiger partial charge on any atom is -0.396 e. The van der Waals surface area contributed by atoms with Crippen LogP contribution < -0.4 is 0 Å². The number of ketones is 1. The van der Waals surface area contributed by atoms with E-state index in [9.17, 15) is 4.79 Å². The lowest BCUT2D eigenvalue weighted by Gasteiger charge is -2.15. The van der Waals surface area contributed by atoms with E-state index in [2.05, 4.69) is 0 Å². The molecule has 1 unspecified atom stereocenters. The van der Waals surface area contributed by atoms with E-state index in [0.29, 0.717) is 12.0 Å². The van der Waals surface area contributed by atoms with Crippen LogP contribution in [0.1, 0.15) is 28.3 Å². The number of carbonyl (C=O) groups is 1. The van der Waals surface area contributed by atoms with Gasteiger partial charge in [0.2, 0.25) is 0 Å². The van der Waals surface area contributed by atoms with Crippen LogP contribution in [0.3, 0.4) is 0 Å². The van der Waals surface area contributed by atoms with Crippen molar-refractivity contribution in [1.29, 1.82) is 0 Å². The Bertz CT molecular complexity index is 491. The third-order valence-electron chi connectivity index (χ3n) is 2.99. The lowest BCUT2D eigenvalue weighted by atomic mass is 9.88. The van der Waals surface area contributed by atoms with E-state index in [4.69, 9.17) is 5.11 Å². The molecule has 2 heteroatoms. The molecule has 0 radical (unpaired) electrons. The van der Waals surface area contributed by atoms with E-state index in [-0.39, 0.29) is 18.3 Å². The SMILES string of the molecule is O=C(c1ccccc1)C(CCO)c1ccccc1. The van der Waals surface area contributed by atoms with Gasteiger partial charge in [-0.25, -0.2) is 0 Å². The summed E-state index contributed by atoms with van der Waals surface area (Å²) < 4.78 is 0. The molecule has 0 aliphatic heterocycles. The summed E-state index contributed by atoms with van der Waals surface area (Å²) in [5.74, 6) is -0.200. The quantitative estimate of drug-likeness (QED) is 0.816. The van der Waals surface area contributed by atoms with Crippen LogP contribution in [0.4, 0.5) is 0 Å². The molecule has 0 bridgehead atoms. The van der Waals surface area contributed by atoms with Gasteiger partial charge in [-0.05, 0) is 12.0 Å². The van der Waals surface area contributed by atoms with Gasteiger partial charge in [0.15, 0.2) is 5.78 Å². The van der Waals surface area contributed by atoms with Crippen molar-refractivity contribution in [2.24, 2.45) is 0 Å². The first kappa shape index (κ1) is 12.5. The molecule has 92 valence electrons. The van der Waals surface area contributed by atoms with Crippen molar-refractivity contribution in [1.82, 2.24) is 0 Å². The third kappa shape index (κ3) is 2.84. The lowest BCUT2D eigenvalue weighted by molar-refractivity contribution is 0.0943. The van der Waals surface area contributed by atoms with E-state index >= 15 is 0 Å². The predicted molar refractivity (Wildman–Crippen MR) is 71.7 cm³/mol. The first-order valence-corrected chi connectivity index (χ1v) is 6.08. The number of hydrogen-bond donors (Lipinski definition) is 1.